The molecule has 3 heterocycles. The van der Waals surface area contributed by atoms with E-state index in [-0.39, 0.29) is 17.9 Å². The monoisotopic (exact) mass is 383 g/mol. The minimum absolute atomic E-state index is 0.0573. The Bertz CT molecular complexity index is 886. The van der Waals surface area contributed by atoms with Gasteiger partial charge in [0.2, 0.25) is 0 Å². The summed E-state index contributed by atoms with van der Waals surface area (Å²) in [6.07, 6.45) is 1.90. The topological polar surface area (TPSA) is 93.7 Å². The third-order valence-corrected chi connectivity index (χ3v) is 5.49. The molecule has 148 valence electrons. The van der Waals surface area contributed by atoms with Gasteiger partial charge in [0.1, 0.15) is 5.75 Å². The van der Waals surface area contributed by atoms with E-state index < -0.39 is 0 Å². The maximum absolute atomic E-state index is 12.9. The second kappa shape index (κ2) is 7.63. The standard InChI is InChI=1S/C20H25N5O3/c1-28-18-7-3-2-5-14(18)19(26)23-9-11-24(12-10-23)20(27)16-13-17-15(21)6-4-8-25(17)22-16/h2-3,5,7,13,15H,4,6,8-12,21H2,1H3. The summed E-state index contributed by atoms with van der Waals surface area (Å²) in [6, 6.07) is 8.95. The number of carbonyl (C=O) groups excluding carboxylic acids is 2. The van der Waals surface area contributed by atoms with Crippen LogP contribution < -0.4 is 10.5 Å². The van der Waals surface area contributed by atoms with Crippen molar-refractivity contribution < 1.29 is 14.3 Å². The molecule has 1 atom stereocenters. The molecule has 28 heavy (non-hydrogen) atoms. The Morgan fingerprint density at radius 1 is 1.07 bits per heavy atom. The highest BCUT2D eigenvalue weighted by Gasteiger charge is 2.29. The zero-order valence-electron chi connectivity index (χ0n) is 16.0. The molecule has 1 aromatic carbocycles. The van der Waals surface area contributed by atoms with Crippen molar-refractivity contribution in [2.75, 3.05) is 33.3 Å². The van der Waals surface area contributed by atoms with Gasteiger partial charge in [-0.25, -0.2) is 0 Å². The molecular weight excluding hydrogens is 358 g/mol. The molecule has 1 saturated heterocycles. The number of carbonyl (C=O) groups is 2. The van der Waals surface area contributed by atoms with Crippen molar-refractivity contribution in [1.29, 1.82) is 0 Å². The molecule has 0 spiro atoms. The molecule has 8 heteroatoms. The molecule has 2 aliphatic heterocycles. The fraction of sp³-hybridized carbons (Fsp3) is 0.450. The lowest BCUT2D eigenvalue weighted by molar-refractivity contribution is 0.0530. The largest absolute Gasteiger partial charge is 0.496 e. The van der Waals surface area contributed by atoms with E-state index in [4.69, 9.17) is 10.5 Å². The van der Waals surface area contributed by atoms with E-state index in [9.17, 15) is 9.59 Å². The first-order valence-electron chi connectivity index (χ1n) is 9.63. The quantitative estimate of drug-likeness (QED) is 0.862. The number of hydrogen-bond donors (Lipinski definition) is 1. The first-order valence-corrected chi connectivity index (χ1v) is 9.63. The Labute approximate surface area is 163 Å². The van der Waals surface area contributed by atoms with Gasteiger partial charge in [-0.3, -0.25) is 14.3 Å². The average molecular weight is 383 g/mol. The highest BCUT2D eigenvalue weighted by atomic mass is 16.5. The van der Waals surface area contributed by atoms with Gasteiger partial charge in [0.15, 0.2) is 5.69 Å². The van der Waals surface area contributed by atoms with Crippen molar-refractivity contribution in [3.8, 4) is 5.75 Å². The zero-order chi connectivity index (χ0) is 19.7. The Morgan fingerprint density at radius 3 is 2.43 bits per heavy atom. The third-order valence-electron chi connectivity index (χ3n) is 5.49. The van der Waals surface area contributed by atoms with E-state index in [0.717, 1.165) is 25.1 Å². The number of methoxy groups -OCH3 is 1. The van der Waals surface area contributed by atoms with Crippen LogP contribution in [-0.4, -0.2) is 64.7 Å². The molecule has 2 aromatic rings. The van der Waals surface area contributed by atoms with Crippen molar-refractivity contribution in [1.82, 2.24) is 19.6 Å². The predicted molar refractivity (Wildman–Crippen MR) is 103 cm³/mol. The van der Waals surface area contributed by atoms with Gasteiger partial charge < -0.3 is 20.3 Å². The van der Waals surface area contributed by atoms with Crippen molar-refractivity contribution in [2.45, 2.75) is 25.4 Å². The number of fused-ring (bicyclic) bond motifs is 1. The Balaban J connectivity index is 1.41. The summed E-state index contributed by atoms with van der Waals surface area (Å²) < 4.78 is 7.14. The van der Waals surface area contributed by atoms with Crippen molar-refractivity contribution in [3.63, 3.8) is 0 Å². The molecule has 0 aliphatic carbocycles. The maximum atomic E-state index is 12.9. The summed E-state index contributed by atoms with van der Waals surface area (Å²) in [4.78, 5) is 29.2. The highest BCUT2D eigenvalue weighted by molar-refractivity contribution is 5.97. The van der Waals surface area contributed by atoms with E-state index in [1.54, 1.807) is 29.0 Å². The fourth-order valence-corrected chi connectivity index (χ4v) is 3.89. The summed E-state index contributed by atoms with van der Waals surface area (Å²) in [6.45, 7) is 2.73. The van der Waals surface area contributed by atoms with Crippen LogP contribution in [0.3, 0.4) is 0 Å². The Morgan fingerprint density at radius 2 is 1.75 bits per heavy atom. The molecule has 1 aromatic heterocycles. The third kappa shape index (κ3) is 3.35. The number of para-hydroxylation sites is 1. The minimum Gasteiger partial charge on any atom is -0.496 e. The summed E-state index contributed by atoms with van der Waals surface area (Å²) in [5.74, 6) is 0.386. The van der Waals surface area contributed by atoms with Gasteiger partial charge in [-0.15, -0.1) is 0 Å². The number of aromatic nitrogens is 2. The van der Waals surface area contributed by atoms with Gasteiger partial charge >= 0.3 is 0 Å². The fourth-order valence-electron chi connectivity index (χ4n) is 3.89. The maximum Gasteiger partial charge on any atom is 0.274 e. The molecule has 1 unspecified atom stereocenters. The van der Waals surface area contributed by atoms with E-state index >= 15 is 0 Å². The van der Waals surface area contributed by atoms with Crippen LogP contribution in [0.15, 0.2) is 30.3 Å². The Hall–Kier alpha value is -2.87. The molecule has 1 fully saturated rings. The molecule has 4 rings (SSSR count). The second-order valence-electron chi connectivity index (χ2n) is 7.21. The first kappa shape index (κ1) is 18.5. The molecule has 2 aliphatic rings. The van der Waals surface area contributed by atoms with Crippen LogP contribution in [0.2, 0.25) is 0 Å². The number of piperazine rings is 1. The van der Waals surface area contributed by atoms with Crippen LogP contribution in [0.4, 0.5) is 0 Å². The lowest BCUT2D eigenvalue weighted by Gasteiger charge is -2.34. The molecule has 2 N–H and O–H groups in total. The highest BCUT2D eigenvalue weighted by Crippen LogP contribution is 2.24. The van der Waals surface area contributed by atoms with Crippen LogP contribution in [0, 0.1) is 0 Å². The van der Waals surface area contributed by atoms with Gasteiger partial charge in [-0.05, 0) is 31.0 Å². The van der Waals surface area contributed by atoms with E-state index in [2.05, 4.69) is 5.10 Å². The number of benzene rings is 1. The van der Waals surface area contributed by atoms with Crippen LogP contribution in [-0.2, 0) is 6.54 Å². The normalized spacial score (nSPS) is 19.3. The summed E-state index contributed by atoms with van der Waals surface area (Å²) in [7, 11) is 1.55. The number of nitrogens with zero attached hydrogens (tertiary/aromatic N) is 4. The lowest BCUT2D eigenvalue weighted by Crippen LogP contribution is -2.50. The smallest absolute Gasteiger partial charge is 0.274 e. The first-order chi connectivity index (χ1) is 13.6. The number of amides is 2. The van der Waals surface area contributed by atoms with Gasteiger partial charge in [-0.1, -0.05) is 12.1 Å². The summed E-state index contributed by atoms with van der Waals surface area (Å²) >= 11 is 0. The number of hydrogen-bond acceptors (Lipinski definition) is 5. The lowest BCUT2D eigenvalue weighted by atomic mass is 10.1. The number of rotatable bonds is 3. The van der Waals surface area contributed by atoms with E-state index in [1.807, 2.05) is 22.9 Å². The second-order valence-corrected chi connectivity index (χ2v) is 7.21. The summed E-state index contributed by atoms with van der Waals surface area (Å²) in [5.41, 5.74) is 8.04. The predicted octanol–water partition coefficient (Wildman–Crippen LogP) is 1.28. The van der Waals surface area contributed by atoms with Crippen molar-refractivity contribution >= 4 is 11.8 Å². The summed E-state index contributed by atoms with van der Waals surface area (Å²) in [5, 5.41) is 4.45. The molecule has 0 radical (unpaired) electrons. The molecular formula is C20H25N5O3. The average Bonchev–Trinajstić information content (AvgIpc) is 3.18. The Kier molecular flexibility index (Phi) is 5.04. The molecule has 0 bridgehead atoms. The SMILES string of the molecule is COc1ccccc1C(=O)N1CCN(C(=O)c2cc3n(n2)CCCC3N)CC1. The van der Waals surface area contributed by atoms with Crippen molar-refractivity contribution in [3.05, 3.63) is 47.3 Å². The minimum atomic E-state index is -0.0986. The zero-order valence-corrected chi connectivity index (χ0v) is 16.0. The number of ether oxygens (including phenoxy) is 1. The molecule has 0 saturated carbocycles. The number of nitrogens with two attached hydrogens (primary N) is 1. The van der Waals surface area contributed by atoms with Gasteiger partial charge in [-0.2, -0.15) is 5.10 Å². The van der Waals surface area contributed by atoms with Crippen LogP contribution in [0.1, 0.15) is 45.4 Å². The van der Waals surface area contributed by atoms with E-state index in [1.165, 1.54) is 0 Å². The molecule has 2 amide bonds. The van der Waals surface area contributed by atoms with Crippen molar-refractivity contribution in [2.24, 2.45) is 5.73 Å². The molecule has 8 nitrogen and oxygen atoms in total. The van der Waals surface area contributed by atoms with Gasteiger partial charge in [0.05, 0.1) is 18.4 Å². The van der Waals surface area contributed by atoms with Crippen LogP contribution in [0.25, 0.3) is 0 Å². The van der Waals surface area contributed by atoms with Crippen LogP contribution >= 0.6 is 0 Å². The van der Waals surface area contributed by atoms with Gasteiger partial charge in [0, 0.05) is 38.8 Å². The van der Waals surface area contributed by atoms with E-state index in [0.29, 0.717) is 43.2 Å². The van der Waals surface area contributed by atoms with Gasteiger partial charge in [0.25, 0.3) is 11.8 Å². The van der Waals surface area contributed by atoms with Crippen LogP contribution in [0.5, 0.6) is 5.75 Å². The number of aryl methyl sites for hydroxylation is 1.